The van der Waals surface area contributed by atoms with E-state index in [1.165, 1.54) is 76.6 Å². The van der Waals surface area contributed by atoms with Crippen LogP contribution in [0.3, 0.4) is 0 Å². The SMILES string of the molecule is Cc1c2ccccc2c2c3ccc(N(C)C)cc3n3c4cc(CC(C)(C)C)cc5cc[n+](C)c(c1c23)c54. The third-order valence-electron chi connectivity index (χ3n) is 8.17. The maximum Gasteiger partial charge on any atom is 0.224 e. The number of aromatic nitrogens is 2. The minimum atomic E-state index is 0.216. The molecule has 7 aromatic rings. The molecule has 0 bridgehead atoms. The Bertz CT molecular complexity index is 2030. The Labute approximate surface area is 217 Å². The van der Waals surface area contributed by atoms with Crippen LogP contribution in [0.5, 0.6) is 0 Å². The summed E-state index contributed by atoms with van der Waals surface area (Å²) in [6.07, 6.45) is 3.28. The molecule has 0 atom stereocenters. The lowest BCUT2D eigenvalue weighted by molar-refractivity contribution is -0.643. The first-order valence-corrected chi connectivity index (χ1v) is 13.3. The normalized spacial score (nSPS) is 12.8. The summed E-state index contributed by atoms with van der Waals surface area (Å²) in [5, 5.41) is 9.39. The molecule has 37 heavy (non-hydrogen) atoms. The Balaban J connectivity index is 1.86. The van der Waals surface area contributed by atoms with E-state index in [4.69, 9.17) is 0 Å². The second-order valence-electron chi connectivity index (χ2n) is 12.3. The summed E-state index contributed by atoms with van der Waals surface area (Å²) in [6, 6.07) is 23.1. The van der Waals surface area contributed by atoms with Gasteiger partial charge >= 0.3 is 0 Å². The van der Waals surface area contributed by atoms with Crippen molar-refractivity contribution in [1.82, 2.24) is 4.40 Å². The van der Waals surface area contributed by atoms with E-state index in [0.29, 0.717) is 0 Å². The zero-order valence-electron chi connectivity index (χ0n) is 22.9. The van der Waals surface area contributed by atoms with Gasteiger partial charge in [-0.25, -0.2) is 4.57 Å². The third kappa shape index (κ3) is 3.03. The van der Waals surface area contributed by atoms with Crippen molar-refractivity contribution < 1.29 is 4.57 Å². The Morgan fingerprint density at radius 1 is 0.811 bits per heavy atom. The molecule has 0 aliphatic carbocycles. The summed E-state index contributed by atoms with van der Waals surface area (Å²) >= 11 is 0. The predicted octanol–water partition coefficient (Wildman–Crippen LogP) is 7.93. The minimum Gasteiger partial charge on any atom is -0.378 e. The summed E-state index contributed by atoms with van der Waals surface area (Å²) in [6.45, 7) is 9.30. The van der Waals surface area contributed by atoms with Crippen molar-refractivity contribution in [2.45, 2.75) is 34.1 Å². The molecule has 0 N–H and O–H groups in total. The molecule has 0 fully saturated rings. The average molecular weight is 485 g/mol. The van der Waals surface area contributed by atoms with Crippen LogP contribution in [0.4, 0.5) is 5.69 Å². The van der Waals surface area contributed by atoms with E-state index in [-0.39, 0.29) is 5.41 Å². The highest BCUT2D eigenvalue weighted by molar-refractivity contribution is 6.33. The molecule has 0 spiro atoms. The molecular formula is C34H34N3+. The van der Waals surface area contributed by atoms with Crippen molar-refractivity contribution in [1.29, 1.82) is 0 Å². The molecule has 4 aromatic carbocycles. The second kappa shape index (κ2) is 7.35. The largest absolute Gasteiger partial charge is 0.378 e. The topological polar surface area (TPSA) is 11.5 Å². The fourth-order valence-electron chi connectivity index (χ4n) is 6.68. The average Bonchev–Trinajstić information content (AvgIpc) is 3.19. The predicted molar refractivity (Wildman–Crippen MR) is 160 cm³/mol. The number of fused-ring (bicyclic) bond motifs is 7. The van der Waals surface area contributed by atoms with Crippen LogP contribution in [-0.4, -0.2) is 18.5 Å². The van der Waals surface area contributed by atoms with Crippen LogP contribution in [0, 0.1) is 12.3 Å². The van der Waals surface area contributed by atoms with Gasteiger partial charge in [-0.05, 0) is 64.2 Å². The molecule has 0 amide bonds. The lowest BCUT2D eigenvalue weighted by Gasteiger charge is -2.20. The van der Waals surface area contributed by atoms with Crippen molar-refractivity contribution in [3.63, 3.8) is 0 Å². The van der Waals surface area contributed by atoms with Gasteiger partial charge in [-0.2, -0.15) is 0 Å². The summed E-state index contributed by atoms with van der Waals surface area (Å²) < 4.78 is 4.91. The monoisotopic (exact) mass is 484 g/mol. The van der Waals surface area contributed by atoms with Gasteiger partial charge in [-0.15, -0.1) is 0 Å². The van der Waals surface area contributed by atoms with Gasteiger partial charge < -0.3 is 9.30 Å². The molecule has 0 radical (unpaired) electrons. The van der Waals surface area contributed by atoms with E-state index < -0.39 is 0 Å². The first-order chi connectivity index (χ1) is 17.6. The van der Waals surface area contributed by atoms with Gasteiger partial charge in [0.2, 0.25) is 5.52 Å². The Hall–Kier alpha value is -3.85. The van der Waals surface area contributed by atoms with Gasteiger partial charge in [-0.1, -0.05) is 57.2 Å². The standard InChI is InChI=1S/C34H34N3/c1-20-24-10-8-9-11-25(24)31-26-13-12-23(35(5)6)18-27(26)37-28-17-21(19-34(2,3)4)16-22-14-15-36(7)32(30(22)28)29(20)33(31)37/h8-18H,19H2,1-7H3/q+1. The van der Waals surface area contributed by atoms with Crippen molar-refractivity contribution in [3.05, 3.63) is 78.0 Å². The molecule has 184 valence electrons. The fourth-order valence-corrected chi connectivity index (χ4v) is 6.68. The molecule has 0 saturated heterocycles. The van der Waals surface area contributed by atoms with Crippen LogP contribution in [0.2, 0.25) is 0 Å². The highest BCUT2D eigenvalue weighted by Gasteiger charge is 2.27. The van der Waals surface area contributed by atoms with Crippen molar-refractivity contribution in [3.8, 4) is 0 Å². The summed E-state index contributed by atoms with van der Waals surface area (Å²) in [7, 11) is 6.45. The van der Waals surface area contributed by atoms with Gasteiger partial charge in [0.1, 0.15) is 7.05 Å². The maximum absolute atomic E-state index is 2.58. The molecule has 3 heteroatoms. The first kappa shape index (κ1) is 22.4. The number of anilines is 1. The number of nitrogens with zero attached hydrogens (tertiary/aromatic N) is 3. The Morgan fingerprint density at radius 3 is 2.30 bits per heavy atom. The van der Waals surface area contributed by atoms with Gasteiger partial charge in [0.05, 0.1) is 27.3 Å². The van der Waals surface area contributed by atoms with Crippen LogP contribution in [0.15, 0.2) is 66.9 Å². The van der Waals surface area contributed by atoms with Crippen molar-refractivity contribution in [2.75, 3.05) is 19.0 Å². The first-order valence-electron chi connectivity index (χ1n) is 13.3. The number of aryl methyl sites for hydroxylation is 2. The Kier molecular flexibility index (Phi) is 4.44. The van der Waals surface area contributed by atoms with Crippen LogP contribution >= 0.6 is 0 Å². The molecular weight excluding hydrogens is 450 g/mol. The Morgan fingerprint density at radius 2 is 1.57 bits per heavy atom. The summed E-state index contributed by atoms with van der Waals surface area (Å²) in [4.78, 5) is 2.21. The van der Waals surface area contributed by atoms with Crippen LogP contribution in [-0.2, 0) is 13.5 Å². The molecule has 0 aliphatic heterocycles. The molecule has 0 unspecified atom stereocenters. The second-order valence-corrected chi connectivity index (χ2v) is 12.3. The van der Waals surface area contributed by atoms with E-state index in [1.54, 1.807) is 0 Å². The van der Waals surface area contributed by atoms with Crippen LogP contribution in [0.1, 0.15) is 31.9 Å². The van der Waals surface area contributed by atoms with Crippen LogP contribution < -0.4 is 9.47 Å². The highest BCUT2D eigenvalue weighted by atomic mass is 15.1. The summed E-state index contributed by atoms with van der Waals surface area (Å²) in [5.74, 6) is 0. The summed E-state index contributed by atoms with van der Waals surface area (Å²) in [5.41, 5.74) is 9.44. The van der Waals surface area contributed by atoms with E-state index in [0.717, 1.165) is 6.42 Å². The van der Waals surface area contributed by atoms with Gasteiger partial charge in [0.15, 0.2) is 6.20 Å². The van der Waals surface area contributed by atoms with E-state index in [1.807, 2.05) is 0 Å². The third-order valence-corrected chi connectivity index (χ3v) is 8.17. The van der Waals surface area contributed by atoms with Crippen LogP contribution in [0.25, 0.3) is 59.8 Å². The van der Waals surface area contributed by atoms with Crippen molar-refractivity contribution >= 4 is 65.5 Å². The highest BCUT2D eigenvalue weighted by Crippen LogP contribution is 2.45. The van der Waals surface area contributed by atoms with E-state index in [2.05, 4.69) is 130 Å². The molecule has 3 nitrogen and oxygen atoms in total. The quantitative estimate of drug-likeness (QED) is 0.138. The number of pyridine rings is 2. The number of rotatable bonds is 2. The molecule has 3 heterocycles. The fraction of sp³-hybridized carbons (Fsp3) is 0.265. The lowest BCUT2D eigenvalue weighted by Crippen LogP contribution is -2.29. The molecule has 3 aromatic heterocycles. The van der Waals surface area contributed by atoms with E-state index >= 15 is 0 Å². The zero-order chi connectivity index (χ0) is 25.8. The minimum absolute atomic E-state index is 0.216. The number of benzene rings is 4. The van der Waals surface area contributed by atoms with E-state index in [9.17, 15) is 0 Å². The number of hydrogen-bond acceptors (Lipinski definition) is 1. The van der Waals surface area contributed by atoms with Gasteiger partial charge in [0.25, 0.3) is 0 Å². The van der Waals surface area contributed by atoms with Gasteiger partial charge in [0, 0.05) is 36.6 Å². The smallest absolute Gasteiger partial charge is 0.224 e. The van der Waals surface area contributed by atoms with Crippen molar-refractivity contribution in [2.24, 2.45) is 12.5 Å². The molecule has 0 saturated carbocycles. The van der Waals surface area contributed by atoms with Gasteiger partial charge in [-0.3, -0.25) is 0 Å². The number of hydrogen-bond donors (Lipinski definition) is 0. The molecule has 7 rings (SSSR count). The molecule has 0 aliphatic rings. The zero-order valence-corrected chi connectivity index (χ0v) is 22.9. The lowest BCUT2D eigenvalue weighted by atomic mass is 9.87. The maximum atomic E-state index is 2.58.